The van der Waals surface area contributed by atoms with Crippen molar-refractivity contribution in [3.63, 3.8) is 0 Å². The summed E-state index contributed by atoms with van der Waals surface area (Å²) in [5.41, 5.74) is 1.36. The van der Waals surface area contributed by atoms with Crippen molar-refractivity contribution in [3.8, 4) is 17.2 Å². The first-order chi connectivity index (χ1) is 13.0. The Hall–Kier alpha value is -2.93. The lowest BCUT2D eigenvalue weighted by atomic mass is 10.2. The number of amides is 1. The minimum Gasteiger partial charge on any atom is -0.486 e. The van der Waals surface area contributed by atoms with Crippen LogP contribution in [0.2, 0.25) is 5.02 Å². The van der Waals surface area contributed by atoms with Gasteiger partial charge in [-0.3, -0.25) is 4.79 Å². The van der Waals surface area contributed by atoms with Gasteiger partial charge in [0, 0.05) is 16.8 Å². The van der Waals surface area contributed by atoms with Gasteiger partial charge in [0.1, 0.15) is 19.0 Å². The molecule has 0 radical (unpaired) electrons. The molecule has 1 heterocycles. The van der Waals surface area contributed by atoms with Gasteiger partial charge in [-0.2, -0.15) is 0 Å². The number of carbonyl (C=O) groups excluding carboxylic acids is 2. The SMILES string of the molecule is Cc1cc(OCC(=O)OCC(=O)Nc2ccc3c(c2)OCCO3)ccc1Cl. The molecule has 2 aromatic carbocycles. The molecule has 0 bridgehead atoms. The maximum atomic E-state index is 11.9. The summed E-state index contributed by atoms with van der Waals surface area (Å²) in [6, 6.07) is 10.1. The average molecular weight is 392 g/mol. The Balaban J connectivity index is 1.43. The number of benzene rings is 2. The van der Waals surface area contributed by atoms with E-state index < -0.39 is 18.5 Å². The molecule has 0 aromatic heterocycles. The van der Waals surface area contributed by atoms with Gasteiger partial charge in [0.2, 0.25) is 0 Å². The van der Waals surface area contributed by atoms with Crippen LogP contribution < -0.4 is 19.5 Å². The highest BCUT2D eigenvalue weighted by Crippen LogP contribution is 2.32. The third-order valence-corrected chi connectivity index (χ3v) is 4.10. The molecule has 8 heteroatoms. The zero-order valence-corrected chi connectivity index (χ0v) is 15.4. The summed E-state index contributed by atoms with van der Waals surface area (Å²) in [6.45, 7) is 2.05. The van der Waals surface area contributed by atoms with Crippen LogP contribution in [0.4, 0.5) is 5.69 Å². The summed E-state index contributed by atoms with van der Waals surface area (Å²) in [6.07, 6.45) is 0. The molecule has 3 rings (SSSR count). The lowest BCUT2D eigenvalue weighted by Gasteiger charge is -2.19. The quantitative estimate of drug-likeness (QED) is 0.762. The largest absolute Gasteiger partial charge is 0.486 e. The van der Waals surface area contributed by atoms with Gasteiger partial charge in [-0.1, -0.05) is 11.6 Å². The third-order valence-electron chi connectivity index (χ3n) is 3.68. The van der Waals surface area contributed by atoms with Crippen LogP contribution in [-0.4, -0.2) is 38.3 Å². The molecule has 1 amide bonds. The molecular formula is C19H18ClNO6. The Morgan fingerprint density at radius 1 is 1.07 bits per heavy atom. The number of fused-ring (bicyclic) bond motifs is 1. The molecule has 0 saturated heterocycles. The predicted octanol–water partition coefficient (Wildman–Crippen LogP) is 2.98. The predicted molar refractivity (Wildman–Crippen MR) is 98.7 cm³/mol. The number of rotatable bonds is 6. The first kappa shape index (κ1) is 18.8. The van der Waals surface area contributed by atoms with Crippen molar-refractivity contribution in [3.05, 3.63) is 47.0 Å². The van der Waals surface area contributed by atoms with E-state index in [2.05, 4.69) is 5.32 Å². The van der Waals surface area contributed by atoms with E-state index >= 15 is 0 Å². The van der Waals surface area contributed by atoms with Gasteiger partial charge in [-0.25, -0.2) is 4.79 Å². The molecule has 0 atom stereocenters. The number of anilines is 1. The van der Waals surface area contributed by atoms with E-state index in [9.17, 15) is 9.59 Å². The van der Waals surface area contributed by atoms with Crippen LogP contribution in [0.3, 0.4) is 0 Å². The Kier molecular flexibility index (Phi) is 6.03. The topological polar surface area (TPSA) is 83.1 Å². The zero-order chi connectivity index (χ0) is 19.2. The first-order valence-corrected chi connectivity index (χ1v) is 8.63. The first-order valence-electron chi connectivity index (χ1n) is 8.25. The van der Waals surface area contributed by atoms with Gasteiger partial charge in [0.05, 0.1) is 0 Å². The number of halogens is 1. The number of nitrogens with one attached hydrogen (secondary N) is 1. The van der Waals surface area contributed by atoms with Gasteiger partial charge in [0.15, 0.2) is 24.7 Å². The van der Waals surface area contributed by atoms with E-state index in [1.165, 1.54) is 0 Å². The Morgan fingerprint density at radius 2 is 1.85 bits per heavy atom. The van der Waals surface area contributed by atoms with Crippen LogP contribution in [0.5, 0.6) is 17.2 Å². The normalized spacial score (nSPS) is 12.2. The molecule has 1 N–H and O–H groups in total. The minimum atomic E-state index is -0.653. The van der Waals surface area contributed by atoms with Gasteiger partial charge >= 0.3 is 5.97 Å². The average Bonchev–Trinajstić information content (AvgIpc) is 2.67. The van der Waals surface area contributed by atoms with Crippen molar-refractivity contribution in [1.82, 2.24) is 0 Å². The summed E-state index contributed by atoms with van der Waals surface area (Å²) < 4.78 is 21.1. The number of carbonyl (C=O) groups is 2. The second-order valence-electron chi connectivity index (χ2n) is 5.77. The molecule has 1 aliphatic heterocycles. The standard InChI is InChI=1S/C19H18ClNO6/c1-12-8-14(3-4-15(12)20)26-11-19(23)27-10-18(22)21-13-2-5-16-17(9-13)25-7-6-24-16/h2-5,8-9H,6-7,10-11H2,1H3,(H,21,22). The van der Waals surface area contributed by atoms with Crippen LogP contribution in [0.25, 0.3) is 0 Å². The summed E-state index contributed by atoms with van der Waals surface area (Å²) >= 11 is 5.93. The van der Waals surface area contributed by atoms with E-state index in [0.717, 1.165) is 5.56 Å². The van der Waals surface area contributed by atoms with E-state index in [-0.39, 0.29) is 6.61 Å². The maximum Gasteiger partial charge on any atom is 0.344 e. The number of hydrogen-bond acceptors (Lipinski definition) is 6. The van der Waals surface area contributed by atoms with Crippen LogP contribution in [0, 0.1) is 6.92 Å². The van der Waals surface area contributed by atoms with E-state index in [1.54, 1.807) is 36.4 Å². The van der Waals surface area contributed by atoms with Crippen LogP contribution in [0.1, 0.15) is 5.56 Å². The Labute approximate surface area is 161 Å². The van der Waals surface area contributed by atoms with Gasteiger partial charge in [-0.15, -0.1) is 0 Å². The Bertz CT molecular complexity index is 854. The lowest BCUT2D eigenvalue weighted by molar-refractivity contribution is -0.149. The van der Waals surface area contributed by atoms with Crippen LogP contribution in [-0.2, 0) is 14.3 Å². The molecule has 7 nitrogen and oxygen atoms in total. The molecule has 27 heavy (non-hydrogen) atoms. The number of hydrogen-bond donors (Lipinski definition) is 1. The number of aryl methyl sites for hydroxylation is 1. The lowest BCUT2D eigenvalue weighted by Crippen LogP contribution is -2.24. The van der Waals surface area contributed by atoms with Crippen molar-refractivity contribution in [2.24, 2.45) is 0 Å². The second kappa shape index (κ2) is 8.64. The highest BCUT2D eigenvalue weighted by Gasteiger charge is 2.14. The number of esters is 1. The molecular weight excluding hydrogens is 374 g/mol. The fourth-order valence-electron chi connectivity index (χ4n) is 2.36. The second-order valence-corrected chi connectivity index (χ2v) is 6.17. The van der Waals surface area contributed by atoms with Crippen molar-refractivity contribution in [1.29, 1.82) is 0 Å². The fraction of sp³-hybridized carbons (Fsp3) is 0.263. The Morgan fingerprint density at radius 3 is 2.63 bits per heavy atom. The monoisotopic (exact) mass is 391 g/mol. The minimum absolute atomic E-state index is 0.307. The van der Waals surface area contributed by atoms with Crippen molar-refractivity contribution in [2.75, 3.05) is 31.7 Å². The van der Waals surface area contributed by atoms with Crippen LogP contribution in [0.15, 0.2) is 36.4 Å². The molecule has 0 spiro atoms. The van der Waals surface area contributed by atoms with E-state index in [4.69, 9.17) is 30.5 Å². The number of ether oxygens (including phenoxy) is 4. The molecule has 0 fully saturated rings. The van der Waals surface area contributed by atoms with Crippen molar-refractivity contribution >= 4 is 29.2 Å². The van der Waals surface area contributed by atoms with Crippen molar-refractivity contribution in [2.45, 2.75) is 6.92 Å². The summed E-state index contributed by atoms with van der Waals surface area (Å²) in [4.78, 5) is 23.7. The summed E-state index contributed by atoms with van der Waals surface area (Å²) in [5.74, 6) is 0.555. The maximum absolute atomic E-state index is 11.9. The zero-order valence-electron chi connectivity index (χ0n) is 14.6. The van der Waals surface area contributed by atoms with E-state index in [1.807, 2.05) is 6.92 Å². The smallest absolute Gasteiger partial charge is 0.344 e. The molecule has 142 valence electrons. The molecule has 0 aliphatic carbocycles. The molecule has 0 saturated carbocycles. The highest BCUT2D eigenvalue weighted by molar-refractivity contribution is 6.31. The third kappa shape index (κ3) is 5.27. The fourth-order valence-corrected chi connectivity index (χ4v) is 2.47. The highest BCUT2D eigenvalue weighted by atomic mass is 35.5. The van der Waals surface area contributed by atoms with Gasteiger partial charge in [0.25, 0.3) is 5.91 Å². The summed E-state index contributed by atoms with van der Waals surface area (Å²) in [5, 5.41) is 3.24. The van der Waals surface area contributed by atoms with Gasteiger partial charge < -0.3 is 24.3 Å². The molecule has 0 unspecified atom stereocenters. The van der Waals surface area contributed by atoms with Crippen LogP contribution >= 0.6 is 11.6 Å². The summed E-state index contributed by atoms with van der Waals surface area (Å²) in [7, 11) is 0. The van der Waals surface area contributed by atoms with E-state index in [0.29, 0.717) is 41.2 Å². The van der Waals surface area contributed by atoms with Gasteiger partial charge in [-0.05, 0) is 42.8 Å². The molecule has 2 aromatic rings. The molecule has 1 aliphatic rings. The van der Waals surface area contributed by atoms with Crippen molar-refractivity contribution < 1.29 is 28.5 Å².